The molecule has 2 aromatic rings. The largest absolute Gasteiger partial charge is 0.360 e. The molecule has 0 saturated carbocycles. The van der Waals surface area contributed by atoms with E-state index in [1.54, 1.807) is 0 Å². The van der Waals surface area contributed by atoms with Gasteiger partial charge in [0.2, 0.25) is 0 Å². The molecule has 3 heteroatoms. The highest BCUT2D eigenvalue weighted by Gasteiger charge is 2.18. The van der Waals surface area contributed by atoms with Crippen LogP contribution in [0.5, 0.6) is 0 Å². The van der Waals surface area contributed by atoms with Gasteiger partial charge in [0.25, 0.3) is 0 Å². The minimum absolute atomic E-state index is 0.676. The van der Waals surface area contributed by atoms with Gasteiger partial charge in [-0.2, -0.15) is 0 Å². The van der Waals surface area contributed by atoms with Gasteiger partial charge < -0.3 is 10.3 Å². The molecule has 0 aliphatic carbocycles. The number of hydrogen-bond donors (Lipinski definition) is 2. The average Bonchev–Trinajstić information content (AvgIpc) is 2.74. The molecule has 15 heavy (non-hydrogen) atoms. The van der Waals surface area contributed by atoms with Crippen molar-refractivity contribution in [2.45, 2.75) is 18.8 Å². The van der Waals surface area contributed by atoms with E-state index in [1.807, 2.05) is 12.3 Å². The number of pyridine rings is 1. The van der Waals surface area contributed by atoms with Gasteiger partial charge in [0.15, 0.2) is 0 Å². The average molecular weight is 201 g/mol. The van der Waals surface area contributed by atoms with Crippen LogP contribution in [0.1, 0.15) is 24.3 Å². The molecule has 3 heterocycles. The molecule has 0 atom stereocenters. The van der Waals surface area contributed by atoms with Crippen molar-refractivity contribution in [3.8, 4) is 0 Å². The second kappa shape index (κ2) is 3.66. The number of rotatable bonds is 1. The first-order valence-electron chi connectivity index (χ1n) is 5.58. The molecule has 3 nitrogen and oxygen atoms in total. The second-order valence-electron chi connectivity index (χ2n) is 4.17. The number of nitrogens with one attached hydrogen (secondary N) is 2. The Labute approximate surface area is 88.9 Å². The van der Waals surface area contributed by atoms with Crippen molar-refractivity contribution in [1.82, 2.24) is 15.3 Å². The third kappa shape index (κ3) is 1.53. The number of aromatic amines is 1. The molecule has 0 amide bonds. The van der Waals surface area contributed by atoms with Gasteiger partial charge in [-0.1, -0.05) is 0 Å². The lowest BCUT2D eigenvalue weighted by Gasteiger charge is -2.21. The molecule has 0 spiro atoms. The summed E-state index contributed by atoms with van der Waals surface area (Å²) >= 11 is 0. The summed E-state index contributed by atoms with van der Waals surface area (Å²) in [6, 6.07) is 4.07. The van der Waals surface area contributed by atoms with Crippen LogP contribution in [-0.4, -0.2) is 23.1 Å². The molecule has 1 aliphatic rings. The Morgan fingerprint density at radius 2 is 2.13 bits per heavy atom. The quantitative estimate of drug-likeness (QED) is 0.741. The fourth-order valence-electron chi connectivity index (χ4n) is 2.42. The molecule has 1 fully saturated rings. The highest BCUT2D eigenvalue weighted by atomic mass is 14.9. The summed E-state index contributed by atoms with van der Waals surface area (Å²) < 4.78 is 0. The van der Waals surface area contributed by atoms with Crippen molar-refractivity contribution in [3.63, 3.8) is 0 Å². The number of aromatic nitrogens is 2. The van der Waals surface area contributed by atoms with Crippen molar-refractivity contribution in [2.75, 3.05) is 13.1 Å². The minimum atomic E-state index is 0.676. The molecule has 0 bridgehead atoms. The lowest BCUT2D eigenvalue weighted by molar-refractivity contribution is 0.462. The number of H-pyrrole nitrogens is 1. The molecule has 2 aromatic heterocycles. The predicted octanol–water partition coefficient (Wildman–Crippen LogP) is 2.03. The molecule has 2 N–H and O–H groups in total. The molecular weight excluding hydrogens is 186 g/mol. The van der Waals surface area contributed by atoms with Crippen molar-refractivity contribution >= 4 is 11.0 Å². The molecule has 1 saturated heterocycles. The van der Waals surface area contributed by atoms with Gasteiger partial charge in [0, 0.05) is 12.4 Å². The van der Waals surface area contributed by atoms with Crippen LogP contribution in [0.25, 0.3) is 11.0 Å². The van der Waals surface area contributed by atoms with E-state index in [0.717, 1.165) is 24.1 Å². The van der Waals surface area contributed by atoms with E-state index in [9.17, 15) is 0 Å². The summed E-state index contributed by atoms with van der Waals surface area (Å²) in [5, 5.41) is 3.39. The van der Waals surface area contributed by atoms with Crippen molar-refractivity contribution in [2.24, 2.45) is 0 Å². The molecule has 1 aliphatic heterocycles. The van der Waals surface area contributed by atoms with Crippen LogP contribution in [0.15, 0.2) is 24.5 Å². The Morgan fingerprint density at radius 3 is 3.00 bits per heavy atom. The van der Waals surface area contributed by atoms with Crippen molar-refractivity contribution in [1.29, 1.82) is 0 Å². The summed E-state index contributed by atoms with van der Waals surface area (Å²) in [6.07, 6.45) is 6.46. The summed E-state index contributed by atoms with van der Waals surface area (Å²) in [6.45, 7) is 2.26. The van der Waals surface area contributed by atoms with E-state index < -0.39 is 0 Å². The lowest BCUT2D eigenvalue weighted by Crippen LogP contribution is -2.26. The number of nitrogens with zero attached hydrogens (tertiary/aromatic N) is 1. The SMILES string of the molecule is c1cnc2c(C3CCNCC3)c[nH]c2c1. The zero-order valence-electron chi connectivity index (χ0n) is 8.66. The van der Waals surface area contributed by atoms with Crippen LogP contribution >= 0.6 is 0 Å². The molecule has 3 rings (SSSR count). The van der Waals surface area contributed by atoms with Gasteiger partial charge in [-0.25, -0.2) is 0 Å². The van der Waals surface area contributed by atoms with Crippen molar-refractivity contribution in [3.05, 3.63) is 30.1 Å². The van der Waals surface area contributed by atoms with Crippen LogP contribution in [0, 0.1) is 0 Å². The monoisotopic (exact) mass is 201 g/mol. The highest BCUT2D eigenvalue weighted by Crippen LogP contribution is 2.29. The zero-order chi connectivity index (χ0) is 10.1. The van der Waals surface area contributed by atoms with E-state index >= 15 is 0 Å². The van der Waals surface area contributed by atoms with Gasteiger partial charge in [-0.15, -0.1) is 0 Å². The van der Waals surface area contributed by atoms with Gasteiger partial charge in [0.1, 0.15) is 0 Å². The normalized spacial score (nSPS) is 18.4. The summed E-state index contributed by atoms with van der Waals surface area (Å²) in [7, 11) is 0. The van der Waals surface area contributed by atoms with E-state index in [2.05, 4.69) is 27.5 Å². The Balaban J connectivity index is 2.02. The van der Waals surface area contributed by atoms with Crippen LogP contribution < -0.4 is 5.32 Å². The zero-order valence-corrected chi connectivity index (χ0v) is 8.66. The molecule has 0 radical (unpaired) electrons. The number of fused-ring (bicyclic) bond motifs is 1. The molecule has 0 unspecified atom stereocenters. The van der Waals surface area contributed by atoms with Gasteiger partial charge >= 0.3 is 0 Å². The highest BCUT2D eigenvalue weighted by molar-refractivity contribution is 5.79. The fraction of sp³-hybridized carbons (Fsp3) is 0.417. The van der Waals surface area contributed by atoms with Crippen LogP contribution in [0.2, 0.25) is 0 Å². The Kier molecular flexibility index (Phi) is 2.18. The molecular formula is C12H15N3. The fourth-order valence-corrected chi connectivity index (χ4v) is 2.42. The van der Waals surface area contributed by atoms with Crippen LogP contribution in [-0.2, 0) is 0 Å². The van der Waals surface area contributed by atoms with E-state index in [4.69, 9.17) is 0 Å². The Bertz CT molecular complexity index is 455. The maximum absolute atomic E-state index is 4.46. The van der Waals surface area contributed by atoms with Crippen LogP contribution in [0.3, 0.4) is 0 Å². The molecule has 0 aromatic carbocycles. The standard InChI is InChI=1S/C12H15N3/c1-2-11-12(14-5-1)10(8-15-11)9-3-6-13-7-4-9/h1-2,5,8-9,13,15H,3-4,6-7H2. The number of hydrogen-bond acceptors (Lipinski definition) is 2. The first kappa shape index (κ1) is 8.92. The van der Waals surface area contributed by atoms with Gasteiger partial charge in [0.05, 0.1) is 11.0 Å². The first-order valence-corrected chi connectivity index (χ1v) is 5.58. The third-order valence-electron chi connectivity index (χ3n) is 3.24. The Morgan fingerprint density at radius 1 is 1.27 bits per heavy atom. The maximum atomic E-state index is 4.46. The van der Waals surface area contributed by atoms with E-state index in [0.29, 0.717) is 5.92 Å². The van der Waals surface area contributed by atoms with Crippen LogP contribution in [0.4, 0.5) is 0 Å². The summed E-state index contributed by atoms with van der Waals surface area (Å²) in [4.78, 5) is 7.77. The first-order chi connectivity index (χ1) is 7.45. The topological polar surface area (TPSA) is 40.7 Å². The van der Waals surface area contributed by atoms with Gasteiger partial charge in [-0.05, 0) is 49.5 Å². The van der Waals surface area contributed by atoms with E-state index in [1.165, 1.54) is 18.4 Å². The minimum Gasteiger partial charge on any atom is -0.360 e. The summed E-state index contributed by atoms with van der Waals surface area (Å²) in [5.74, 6) is 0.676. The second-order valence-corrected chi connectivity index (χ2v) is 4.17. The maximum Gasteiger partial charge on any atom is 0.0913 e. The lowest BCUT2D eigenvalue weighted by atomic mass is 9.91. The van der Waals surface area contributed by atoms with Crippen molar-refractivity contribution < 1.29 is 0 Å². The smallest absolute Gasteiger partial charge is 0.0913 e. The molecule has 78 valence electrons. The third-order valence-corrected chi connectivity index (χ3v) is 3.24. The predicted molar refractivity (Wildman–Crippen MR) is 60.9 cm³/mol. The number of piperidine rings is 1. The van der Waals surface area contributed by atoms with Gasteiger partial charge in [-0.3, -0.25) is 4.98 Å². The van der Waals surface area contributed by atoms with E-state index in [-0.39, 0.29) is 0 Å². The summed E-state index contributed by atoms with van der Waals surface area (Å²) in [5.41, 5.74) is 3.71. The Hall–Kier alpha value is -1.35.